The monoisotopic (exact) mass is 392 g/mol. The lowest BCUT2D eigenvalue weighted by molar-refractivity contribution is -0.110. The zero-order valence-electron chi connectivity index (χ0n) is 16.4. The maximum absolute atomic E-state index is 12.7. The molecule has 0 bridgehead atoms. The van der Waals surface area contributed by atoms with Crippen molar-refractivity contribution in [3.63, 3.8) is 0 Å². The van der Waals surface area contributed by atoms with Crippen LogP contribution in [0.5, 0.6) is 0 Å². The summed E-state index contributed by atoms with van der Waals surface area (Å²) in [5.74, 6) is -0.269. The van der Waals surface area contributed by atoms with E-state index in [4.69, 9.17) is 4.84 Å². The Balaban J connectivity index is 1.37. The first-order valence-electron chi connectivity index (χ1n) is 9.77. The quantitative estimate of drug-likeness (QED) is 0.834. The van der Waals surface area contributed by atoms with Gasteiger partial charge < -0.3 is 20.4 Å². The van der Waals surface area contributed by atoms with Crippen LogP contribution in [0.2, 0.25) is 0 Å². The van der Waals surface area contributed by atoms with Crippen molar-refractivity contribution in [2.24, 2.45) is 5.16 Å². The van der Waals surface area contributed by atoms with E-state index in [-0.39, 0.29) is 11.9 Å². The molecule has 1 saturated heterocycles. The molecule has 2 heterocycles. The predicted octanol–water partition coefficient (Wildman–Crippen LogP) is 3.78. The van der Waals surface area contributed by atoms with Gasteiger partial charge in [-0.2, -0.15) is 0 Å². The summed E-state index contributed by atoms with van der Waals surface area (Å²) in [6.45, 7) is 3.03. The average molecular weight is 392 g/mol. The van der Waals surface area contributed by atoms with Crippen molar-refractivity contribution < 1.29 is 14.4 Å². The number of hydrogen-bond acceptors (Lipinski definition) is 4. The highest BCUT2D eigenvalue weighted by molar-refractivity contribution is 6.43. The summed E-state index contributed by atoms with van der Waals surface area (Å²) in [6, 6.07) is 16.8. The minimum atomic E-state index is -0.633. The van der Waals surface area contributed by atoms with Crippen LogP contribution in [-0.2, 0) is 9.63 Å². The van der Waals surface area contributed by atoms with Gasteiger partial charge in [0.1, 0.15) is 5.71 Å². The van der Waals surface area contributed by atoms with Crippen molar-refractivity contribution in [1.82, 2.24) is 4.90 Å². The third-order valence-corrected chi connectivity index (χ3v) is 5.23. The second-order valence-electron chi connectivity index (χ2n) is 7.63. The molecule has 1 atom stereocenters. The molecule has 0 saturated carbocycles. The van der Waals surface area contributed by atoms with Gasteiger partial charge in [-0.25, -0.2) is 4.79 Å². The molecule has 0 unspecified atom stereocenters. The van der Waals surface area contributed by atoms with Gasteiger partial charge in [-0.1, -0.05) is 35.5 Å². The van der Waals surface area contributed by atoms with Crippen molar-refractivity contribution in [1.29, 1.82) is 0 Å². The number of nitrogens with zero attached hydrogens (tertiary/aromatic N) is 2. The van der Waals surface area contributed by atoms with E-state index in [1.807, 2.05) is 61.5 Å². The fourth-order valence-corrected chi connectivity index (χ4v) is 3.78. The molecule has 2 N–H and O–H groups in total. The molecule has 3 amide bonds. The van der Waals surface area contributed by atoms with E-state index in [9.17, 15) is 9.59 Å². The minimum absolute atomic E-state index is 0.166. The molecular weight excluding hydrogens is 368 g/mol. The largest absolute Gasteiger partial charge is 0.386 e. The number of likely N-dealkylation sites (tertiary alicyclic amines) is 1. The number of carbonyl (C=O) groups is 2. The molecular formula is C22H24N4O3. The standard InChI is InChI=1S/C22H24N4O3/c1-16-7-5-10-18(13-16)24-21(28)26-12-6-11-22(15-26)14-19(25-29-22)20(27)23-17-8-3-2-4-9-17/h2-5,7-10,13H,6,11-12,14-15H2,1H3,(H,23,27)(H,24,28)/t22-/m1/s1. The molecule has 2 aromatic rings. The van der Waals surface area contributed by atoms with Crippen LogP contribution in [0.1, 0.15) is 24.8 Å². The molecule has 7 nitrogen and oxygen atoms in total. The fraction of sp³-hybridized carbons (Fsp3) is 0.318. The molecule has 4 rings (SSSR count). The van der Waals surface area contributed by atoms with Crippen molar-refractivity contribution >= 4 is 29.0 Å². The number of nitrogens with one attached hydrogen (secondary N) is 2. The van der Waals surface area contributed by atoms with Gasteiger partial charge in [0.15, 0.2) is 5.60 Å². The summed E-state index contributed by atoms with van der Waals surface area (Å²) in [5, 5.41) is 9.82. The molecule has 7 heteroatoms. The van der Waals surface area contributed by atoms with E-state index >= 15 is 0 Å². The lowest BCUT2D eigenvalue weighted by atomic mass is 9.88. The Bertz CT molecular complexity index is 944. The molecule has 1 spiro atoms. The van der Waals surface area contributed by atoms with E-state index < -0.39 is 5.60 Å². The van der Waals surface area contributed by atoms with E-state index in [0.717, 1.165) is 24.1 Å². The summed E-state index contributed by atoms with van der Waals surface area (Å²) >= 11 is 0. The topological polar surface area (TPSA) is 83.0 Å². The van der Waals surface area contributed by atoms with Gasteiger partial charge in [-0.15, -0.1) is 0 Å². The molecule has 2 aromatic carbocycles. The Hall–Kier alpha value is -3.35. The maximum Gasteiger partial charge on any atom is 0.321 e. The Kier molecular flexibility index (Phi) is 5.20. The van der Waals surface area contributed by atoms with Crippen molar-refractivity contribution in [2.75, 3.05) is 23.7 Å². The lowest BCUT2D eigenvalue weighted by Crippen LogP contribution is -2.52. The zero-order valence-corrected chi connectivity index (χ0v) is 16.4. The van der Waals surface area contributed by atoms with Gasteiger partial charge in [-0.3, -0.25) is 4.79 Å². The number of carbonyl (C=O) groups excluding carboxylic acids is 2. The predicted molar refractivity (Wildman–Crippen MR) is 112 cm³/mol. The highest BCUT2D eigenvalue weighted by atomic mass is 16.7. The van der Waals surface area contributed by atoms with Crippen LogP contribution in [0, 0.1) is 6.92 Å². The normalized spacial score (nSPS) is 20.7. The number of benzene rings is 2. The zero-order chi connectivity index (χ0) is 20.3. The van der Waals surface area contributed by atoms with E-state index in [1.54, 1.807) is 4.90 Å². The van der Waals surface area contributed by atoms with Crippen LogP contribution in [0.4, 0.5) is 16.2 Å². The van der Waals surface area contributed by atoms with Gasteiger partial charge in [0.05, 0.1) is 6.54 Å². The van der Waals surface area contributed by atoms with Crippen molar-refractivity contribution in [3.8, 4) is 0 Å². The number of piperidine rings is 1. The van der Waals surface area contributed by atoms with Gasteiger partial charge in [0.2, 0.25) is 0 Å². The van der Waals surface area contributed by atoms with Crippen LogP contribution in [-0.4, -0.2) is 41.2 Å². The summed E-state index contributed by atoms with van der Waals surface area (Å²) in [5.41, 5.74) is 2.28. The van der Waals surface area contributed by atoms with Crippen LogP contribution in [0.3, 0.4) is 0 Å². The molecule has 2 aliphatic heterocycles. The number of urea groups is 1. The Morgan fingerprint density at radius 1 is 1.07 bits per heavy atom. The van der Waals surface area contributed by atoms with Crippen LogP contribution in [0.15, 0.2) is 59.8 Å². The number of aryl methyl sites for hydroxylation is 1. The van der Waals surface area contributed by atoms with E-state index in [1.165, 1.54) is 0 Å². The molecule has 150 valence electrons. The van der Waals surface area contributed by atoms with Gasteiger partial charge in [0.25, 0.3) is 5.91 Å². The number of hydrogen-bond donors (Lipinski definition) is 2. The molecule has 0 aliphatic carbocycles. The highest BCUT2D eigenvalue weighted by Gasteiger charge is 2.45. The highest BCUT2D eigenvalue weighted by Crippen LogP contribution is 2.34. The van der Waals surface area contributed by atoms with Crippen molar-refractivity contribution in [3.05, 3.63) is 60.2 Å². The van der Waals surface area contributed by atoms with Crippen LogP contribution < -0.4 is 10.6 Å². The van der Waals surface area contributed by atoms with Gasteiger partial charge >= 0.3 is 6.03 Å². The van der Waals surface area contributed by atoms with E-state index in [2.05, 4.69) is 15.8 Å². The second-order valence-corrected chi connectivity index (χ2v) is 7.63. The van der Waals surface area contributed by atoms with Crippen LogP contribution in [0.25, 0.3) is 0 Å². The first kappa shape index (κ1) is 19.0. The number of rotatable bonds is 3. The molecule has 0 radical (unpaired) electrons. The Labute approximate surface area is 169 Å². The first-order chi connectivity index (χ1) is 14.0. The van der Waals surface area contributed by atoms with Crippen LogP contribution >= 0.6 is 0 Å². The smallest absolute Gasteiger partial charge is 0.321 e. The summed E-state index contributed by atoms with van der Waals surface area (Å²) in [7, 11) is 0. The Morgan fingerprint density at radius 3 is 2.66 bits per heavy atom. The number of anilines is 2. The average Bonchev–Trinajstić information content (AvgIpc) is 3.12. The summed E-state index contributed by atoms with van der Waals surface area (Å²) in [4.78, 5) is 32.7. The number of oxime groups is 1. The maximum atomic E-state index is 12.7. The van der Waals surface area contributed by atoms with Gasteiger partial charge in [0, 0.05) is 24.3 Å². The number of amides is 3. The third kappa shape index (κ3) is 4.39. The van der Waals surface area contributed by atoms with Gasteiger partial charge in [-0.05, 0) is 49.6 Å². The summed E-state index contributed by atoms with van der Waals surface area (Å²) < 4.78 is 0. The third-order valence-electron chi connectivity index (χ3n) is 5.23. The minimum Gasteiger partial charge on any atom is -0.386 e. The fourth-order valence-electron chi connectivity index (χ4n) is 3.78. The molecule has 29 heavy (non-hydrogen) atoms. The first-order valence-corrected chi connectivity index (χ1v) is 9.77. The second kappa shape index (κ2) is 7.95. The molecule has 1 fully saturated rings. The van der Waals surface area contributed by atoms with Crippen molar-refractivity contribution in [2.45, 2.75) is 31.8 Å². The van der Waals surface area contributed by atoms with E-state index in [0.29, 0.717) is 30.9 Å². The lowest BCUT2D eigenvalue weighted by Gasteiger charge is -2.38. The number of para-hydroxylation sites is 1. The SMILES string of the molecule is Cc1cccc(NC(=O)N2CCC[C@@]3(CC(C(=O)Nc4ccccc4)=NO3)C2)c1. The summed E-state index contributed by atoms with van der Waals surface area (Å²) in [6.07, 6.45) is 1.94. The Morgan fingerprint density at radius 2 is 1.86 bits per heavy atom. The molecule has 0 aromatic heterocycles. The molecule has 2 aliphatic rings.